The second-order valence-electron chi connectivity index (χ2n) is 6.97. The standard InChI is InChI=1S/C21H21ClFN7O2/c22-16-4-2-1-3-12(16)10-30(11-14-6-5-13(23)8-27-14)21(32)20(31)29-17-9-28-19(26)15(7-24)18(17)25/h3-9,24H,1-2,10-11H2,(H,29,31)(H4,25,26,28). The second-order valence-corrected chi connectivity index (χ2v) is 7.38. The van der Waals surface area contributed by atoms with Gasteiger partial charge in [-0.1, -0.05) is 23.8 Å². The minimum absolute atomic E-state index is 0.0152. The summed E-state index contributed by atoms with van der Waals surface area (Å²) in [5, 5.41) is 10.3. The molecule has 9 nitrogen and oxygen atoms in total. The molecular weight excluding hydrogens is 437 g/mol. The number of nitrogens with one attached hydrogen (secondary N) is 2. The SMILES string of the molecule is N=Cc1c(N)ncc(NC(=O)C(=O)N(CC2=CCCC=C2Cl)Cc2ccc(F)cn2)c1N. The van der Waals surface area contributed by atoms with Gasteiger partial charge in [-0.25, -0.2) is 9.37 Å². The summed E-state index contributed by atoms with van der Waals surface area (Å²) in [5.74, 6) is -2.34. The summed E-state index contributed by atoms with van der Waals surface area (Å²) in [6.45, 7) is 0.0110. The van der Waals surface area contributed by atoms with Crippen LogP contribution in [-0.4, -0.2) is 39.4 Å². The first-order valence-electron chi connectivity index (χ1n) is 9.60. The number of aromatic nitrogens is 2. The maximum atomic E-state index is 13.2. The van der Waals surface area contributed by atoms with Gasteiger partial charge in [0.2, 0.25) is 0 Å². The van der Waals surface area contributed by atoms with Gasteiger partial charge < -0.3 is 27.1 Å². The van der Waals surface area contributed by atoms with E-state index in [1.165, 1.54) is 23.2 Å². The molecular formula is C21H21ClFN7O2. The highest BCUT2D eigenvalue weighted by Gasteiger charge is 2.25. The summed E-state index contributed by atoms with van der Waals surface area (Å²) in [5.41, 5.74) is 12.9. The number of nitrogens with zero attached hydrogens (tertiary/aromatic N) is 3. The molecule has 6 N–H and O–H groups in total. The fraction of sp³-hybridized carbons (Fsp3) is 0.190. The van der Waals surface area contributed by atoms with Crippen molar-refractivity contribution in [1.82, 2.24) is 14.9 Å². The number of carbonyl (C=O) groups is 2. The lowest BCUT2D eigenvalue weighted by Gasteiger charge is -2.24. The van der Waals surface area contributed by atoms with Crippen LogP contribution in [0.5, 0.6) is 0 Å². The highest BCUT2D eigenvalue weighted by Crippen LogP contribution is 2.26. The molecule has 0 aromatic carbocycles. The Morgan fingerprint density at radius 2 is 1.94 bits per heavy atom. The normalized spacial score (nSPS) is 13.1. The van der Waals surface area contributed by atoms with Crippen molar-refractivity contribution < 1.29 is 14.0 Å². The molecule has 0 bridgehead atoms. The van der Waals surface area contributed by atoms with Gasteiger partial charge in [0.15, 0.2) is 0 Å². The molecule has 0 radical (unpaired) electrons. The van der Waals surface area contributed by atoms with Gasteiger partial charge in [-0.2, -0.15) is 0 Å². The third-order valence-corrected chi connectivity index (χ3v) is 5.15. The number of allylic oxidation sites excluding steroid dienone is 2. The number of rotatable bonds is 6. The largest absolute Gasteiger partial charge is 0.396 e. The Balaban J connectivity index is 1.84. The molecule has 2 aromatic heterocycles. The van der Waals surface area contributed by atoms with Crippen LogP contribution in [0.3, 0.4) is 0 Å². The van der Waals surface area contributed by atoms with Crippen molar-refractivity contribution in [3.8, 4) is 0 Å². The van der Waals surface area contributed by atoms with Gasteiger partial charge in [0, 0.05) is 17.8 Å². The third-order valence-electron chi connectivity index (χ3n) is 4.75. The molecule has 0 unspecified atom stereocenters. The van der Waals surface area contributed by atoms with Crippen LogP contribution in [0.25, 0.3) is 0 Å². The Morgan fingerprint density at radius 3 is 2.59 bits per heavy atom. The highest BCUT2D eigenvalue weighted by atomic mass is 35.5. The molecule has 11 heteroatoms. The molecule has 0 aliphatic heterocycles. The molecule has 32 heavy (non-hydrogen) atoms. The molecule has 0 fully saturated rings. The summed E-state index contributed by atoms with van der Waals surface area (Å²) in [7, 11) is 0. The first-order chi connectivity index (χ1) is 15.3. The van der Waals surface area contributed by atoms with Crippen LogP contribution >= 0.6 is 11.6 Å². The van der Waals surface area contributed by atoms with Crippen LogP contribution in [0.2, 0.25) is 0 Å². The van der Waals surface area contributed by atoms with Gasteiger partial charge in [0.1, 0.15) is 11.6 Å². The smallest absolute Gasteiger partial charge is 0.314 e. The number of halogens is 2. The first kappa shape index (κ1) is 22.9. The number of carbonyl (C=O) groups excluding carboxylic acids is 2. The van der Waals surface area contributed by atoms with Gasteiger partial charge in [-0.05, 0) is 30.5 Å². The van der Waals surface area contributed by atoms with Crippen molar-refractivity contribution in [1.29, 1.82) is 5.41 Å². The van der Waals surface area contributed by atoms with E-state index in [4.69, 9.17) is 28.5 Å². The van der Waals surface area contributed by atoms with E-state index in [-0.39, 0.29) is 35.8 Å². The number of pyridine rings is 2. The molecule has 2 amide bonds. The van der Waals surface area contributed by atoms with E-state index in [0.717, 1.165) is 25.3 Å². The Morgan fingerprint density at radius 1 is 1.19 bits per heavy atom. The molecule has 0 atom stereocenters. The maximum absolute atomic E-state index is 13.2. The van der Waals surface area contributed by atoms with E-state index >= 15 is 0 Å². The van der Waals surface area contributed by atoms with Crippen LogP contribution in [0.4, 0.5) is 21.6 Å². The quantitative estimate of drug-likeness (QED) is 0.386. The van der Waals surface area contributed by atoms with Crippen LogP contribution < -0.4 is 16.8 Å². The van der Waals surface area contributed by atoms with Crippen LogP contribution in [0.15, 0.2) is 47.3 Å². The number of nitrogen functional groups attached to an aromatic ring is 2. The summed E-state index contributed by atoms with van der Waals surface area (Å²) in [4.78, 5) is 34.9. The molecule has 3 rings (SSSR count). The number of hydrogen-bond acceptors (Lipinski definition) is 7. The fourth-order valence-corrected chi connectivity index (χ4v) is 3.31. The van der Waals surface area contributed by atoms with E-state index < -0.39 is 17.6 Å². The van der Waals surface area contributed by atoms with E-state index in [9.17, 15) is 14.0 Å². The summed E-state index contributed by atoms with van der Waals surface area (Å²) < 4.78 is 13.2. The Bertz CT molecular complexity index is 1120. The van der Waals surface area contributed by atoms with Gasteiger partial charge in [-0.15, -0.1) is 0 Å². The molecule has 0 saturated heterocycles. The molecule has 0 spiro atoms. The topological polar surface area (TPSA) is 151 Å². The average Bonchev–Trinajstić information content (AvgIpc) is 2.78. The van der Waals surface area contributed by atoms with E-state index in [2.05, 4.69) is 15.3 Å². The van der Waals surface area contributed by atoms with Crippen molar-refractivity contribution in [3.05, 3.63) is 64.4 Å². The fourth-order valence-electron chi connectivity index (χ4n) is 3.06. The van der Waals surface area contributed by atoms with E-state index in [1.54, 1.807) is 0 Å². The number of anilines is 3. The minimum atomic E-state index is -0.974. The van der Waals surface area contributed by atoms with Crippen LogP contribution in [0, 0.1) is 11.2 Å². The Hall–Kier alpha value is -3.79. The predicted molar refractivity (Wildman–Crippen MR) is 120 cm³/mol. The Labute approximate surface area is 188 Å². The monoisotopic (exact) mass is 457 g/mol. The van der Waals surface area contributed by atoms with Gasteiger partial charge in [0.05, 0.1) is 41.6 Å². The molecule has 166 valence electrons. The van der Waals surface area contributed by atoms with E-state index in [1.807, 2.05) is 12.2 Å². The van der Waals surface area contributed by atoms with Crippen LogP contribution in [0.1, 0.15) is 24.1 Å². The zero-order chi connectivity index (χ0) is 23.3. The van der Waals surface area contributed by atoms with Crippen molar-refractivity contribution in [2.45, 2.75) is 19.4 Å². The number of hydrogen-bond donors (Lipinski definition) is 4. The van der Waals surface area contributed by atoms with Crippen molar-refractivity contribution in [2.75, 3.05) is 23.3 Å². The molecule has 1 aliphatic carbocycles. The lowest BCUT2D eigenvalue weighted by molar-refractivity contribution is -0.143. The maximum Gasteiger partial charge on any atom is 0.314 e. The van der Waals surface area contributed by atoms with Crippen molar-refractivity contribution in [2.24, 2.45) is 0 Å². The zero-order valence-electron chi connectivity index (χ0n) is 16.9. The third kappa shape index (κ3) is 5.27. The summed E-state index contributed by atoms with van der Waals surface area (Å²) in [6, 6.07) is 2.65. The van der Waals surface area contributed by atoms with Crippen molar-refractivity contribution in [3.63, 3.8) is 0 Å². The summed E-state index contributed by atoms with van der Waals surface area (Å²) in [6.07, 6.45) is 8.43. The second kappa shape index (κ2) is 10.0. The van der Waals surface area contributed by atoms with Gasteiger partial charge in [-0.3, -0.25) is 14.6 Å². The lowest BCUT2D eigenvalue weighted by atomic mass is 10.1. The predicted octanol–water partition coefficient (Wildman–Crippen LogP) is 2.59. The zero-order valence-corrected chi connectivity index (χ0v) is 17.7. The molecule has 2 aromatic rings. The van der Waals surface area contributed by atoms with Gasteiger partial charge >= 0.3 is 11.8 Å². The Kier molecular flexibility index (Phi) is 7.16. The molecule has 0 saturated carbocycles. The molecule has 2 heterocycles. The molecule has 1 aliphatic rings. The number of nitrogens with two attached hydrogens (primary N) is 2. The lowest BCUT2D eigenvalue weighted by Crippen LogP contribution is -2.41. The van der Waals surface area contributed by atoms with E-state index in [0.29, 0.717) is 16.3 Å². The van der Waals surface area contributed by atoms with Crippen molar-refractivity contribution >= 4 is 46.8 Å². The van der Waals surface area contributed by atoms with Gasteiger partial charge in [0.25, 0.3) is 0 Å². The number of amides is 2. The highest BCUT2D eigenvalue weighted by molar-refractivity contribution is 6.40. The first-order valence-corrected chi connectivity index (χ1v) is 9.98. The minimum Gasteiger partial charge on any atom is -0.396 e. The summed E-state index contributed by atoms with van der Waals surface area (Å²) >= 11 is 6.26. The average molecular weight is 458 g/mol. The van der Waals surface area contributed by atoms with Crippen LogP contribution in [-0.2, 0) is 16.1 Å².